The first-order valence-electron chi connectivity index (χ1n) is 28.5. The van der Waals surface area contributed by atoms with E-state index in [0.29, 0.717) is 26.2 Å². The third-order valence-corrected chi connectivity index (χ3v) is 16.1. The van der Waals surface area contributed by atoms with Crippen molar-refractivity contribution in [2.75, 3.05) is 46.4 Å². The Morgan fingerprint density at radius 2 is 1.24 bits per heavy atom. The molecule has 5 rings (SSSR count). The first kappa shape index (κ1) is 69.1. The molecule has 0 aromatic heterocycles. The lowest BCUT2D eigenvalue weighted by atomic mass is 9.81. The van der Waals surface area contributed by atoms with Crippen molar-refractivity contribution in [1.29, 1.82) is 0 Å². The highest BCUT2D eigenvalue weighted by Crippen LogP contribution is 2.39. The molecule has 4 fully saturated rings. The Balaban J connectivity index is 1.43. The number of ether oxygens (including phenoxy) is 5. The molecule has 5 heterocycles. The minimum atomic E-state index is -2.46. The molecule has 0 radical (unpaired) electrons. The number of carbonyl (C=O) groups excluding carboxylic acids is 2. The molecular weight excluding hydrogens is 1070 g/mol. The van der Waals surface area contributed by atoms with Crippen molar-refractivity contribution in [2.45, 2.75) is 201 Å². The highest BCUT2D eigenvalue weighted by molar-refractivity contribution is 5.80. The zero-order valence-corrected chi connectivity index (χ0v) is 47.6. The maximum Gasteiger partial charge on any atom is 0.308 e. The van der Waals surface area contributed by atoms with Gasteiger partial charge >= 0.3 is 5.97 Å². The van der Waals surface area contributed by atoms with Crippen LogP contribution in [-0.4, -0.2) is 261 Å². The van der Waals surface area contributed by atoms with Crippen LogP contribution in [0.3, 0.4) is 0 Å². The predicted molar refractivity (Wildman–Crippen MR) is 296 cm³/mol. The number of carbonyl (C=O) groups is 2. The van der Waals surface area contributed by atoms with Gasteiger partial charge in [-0.15, -0.1) is 0 Å². The number of nitrogens with zero attached hydrogens (tertiary/aromatic N) is 2. The van der Waals surface area contributed by atoms with Gasteiger partial charge in [0.05, 0.1) is 98.7 Å². The largest absolute Gasteiger partial charge is 0.462 e. The maximum atomic E-state index is 14.5. The first-order chi connectivity index (χ1) is 38.7. The van der Waals surface area contributed by atoms with E-state index in [0.717, 1.165) is 0 Å². The van der Waals surface area contributed by atoms with Crippen molar-refractivity contribution >= 4 is 11.9 Å². The smallest absolute Gasteiger partial charge is 0.308 e. The predicted octanol–water partition coefficient (Wildman–Crippen LogP) is -2.17. The van der Waals surface area contributed by atoms with Crippen LogP contribution in [0.4, 0.5) is 0 Å². The topological polar surface area (TPSA) is 382 Å². The number of piperazine rings is 1. The summed E-state index contributed by atoms with van der Waals surface area (Å²) in [5, 5.41) is 157. The van der Waals surface area contributed by atoms with E-state index in [1.807, 2.05) is 24.9 Å². The lowest BCUT2D eigenvalue weighted by Gasteiger charge is -2.48. The summed E-state index contributed by atoms with van der Waals surface area (Å²) in [7, 11) is 1.90. The number of amides is 1. The molecule has 4 unspecified atom stereocenters. The molecule has 466 valence electrons. The van der Waals surface area contributed by atoms with Crippen LogP contribution in [0, 0.1) is 17.8 Å². The van der Waals surface area contributed by atoms with E-state index in [-0.39, 0.29) is 31.6 Å². The quantitative estimate of drug-likeness (QED) is 0.126. The van der Waals surface area contributed by atoms with E-state index in [1.54, 1.807) is 97.7 Å². The molecule has 15 N–H and O–H groups in total. The summed E-state index contributed by atoms with van der Waals surface area (Å²) in [5.41, 5.74) is 0. The normalized spacial score (nSPS) is 45.2. The highest BCUT2D eigenvalue weighted by Gasteiger charge is 2.53. The van der Waals surface area contributed by atoms with Gasteiger partial charge in [-0.3, -0.25) is 9.59 Å². The minimum Gasteiger partial charge on any atom is -0.462 e. The van der Waals surface area contributed by atoms with Crippen LogP contribution in [0.25, 0.3) is 0 Å². The summed E-state index contributed by atoms with van der Waals surface area (Å²) in [6.45, 7) is 7.20. The summed E-state index contributed by atoms with van der Waals surface area (Å²) < 4.78 is 29.6. The number of hydrogen-bond acceptors (Lipinski definition) is 23. The number of likely N-dealkylation sites (N-methyl/N-ethyl adjacent to an activating group) is 1. The monoisotopic (exact) mass is 1170 g/mol. The van der Waals surface area contributed by atoms with Gasteiger partial charge in [-0.25, -0.2) is 0 Å². The van der Waals surface area contributed by atoms with Gasteiger partial charge in [0, 0.05) is 63.7 Å². The molecular formula is C58H93N3O21. The summed E-state index contributed by atoms with van der Waals surface area (Å²) in [5.74, 6) is -8.12. The summed E-state index contributed by atoms with van der Waals surface area (Å²) in [6, 6.07) is -1.33. The van der Waals surface area contributed by atoms with Gasteiger partial charge in [0.2, 0.25) is 11.7 Å². The van der Waals surface area contributed by atoms with Crippen LogP contribution in [-0.2, 0) is 33.3 Å². The van der Waals surface area contributed by atoms with Gasteiger partial charge in [-0.05, 0) is 40.2 Å². The van der Waals surface area contributed by atoms with Crippen molar-refractivity contribution in [3.63, 3.8) is 0 Å². The summed E-state index contributed by atoms with van der Waals surface area (Å²) in [4.78, 5) is 30.9. The second-order valence-corrected chi connectivity index (χ2v) is 22.8. The fourth-order valence-corrected chi connectivity index (χ4v) is 10.7. The van der Waals surface area contributed by atoms with Gasteiger partial charge in [0.15, 0.2) is 12.1 Å². The molecule has 0 aromatic carbocycles. The van der Waals surface area contributed by atoms with Crippen molar-refractivity contribution in [3.05, 3.63) is 85.1 Å². The number of allylic oxidation sites excluding steroid dienone is 12. The van der Waals surface area contributed by atoms with E-state index in [2.05, 4.69) is 5.32 Å². The highest BCUT2D eigenvalue weighted by atomic mass is 16.7. The van der Waals surface area contributed by atoms with Crippen LogP contribution in [0.5, 0.6) is 0 Å². The van der Waals surface area contributed by atoms with Gasteiger partial charge in [0.1, 0.15) is 30.5 Å². The van der Waals surface area contributed by atoms with Crippen molar-refractivity contribution in [1.82, 2.24) is 15.1 Å². The molecule has 0 aromatic rings. The molecule has 2 bridgehead atoms. The standard InChI is InChI=1S/C58H93N3O21/c1-34-18-16-14-12-10-8-6-7-9-11-13-15-17-19-41(81-56-53(73)49(51(71)37(4)80-56)59-33-58(77)54(74)52(72)45(68)32-78-58)29-46-48(55(75)61-24-22-60(5)23-25-61)44(67)31-57(76,82-46)30-40(64)27-43(66)42(65)21-20-38(62)26-39(63)28-47(69)79-36(3)35(2)50(34)70/h6-19,34-46,48-54,56,59,62-68,70-74,76-77H,20-33H2,1-5H3/b7-6+,10-8+,11-9+,14-12+,15-13+,18-16+,19-17?/t34-,35?,36-,37+,38+,39+,40-,41-,42+,43+,44-,45+,46?,48?,49-,50+,51+,52+,53-,54-,56?,57+,58+/m0/s1. The fourth-order valence-electron chi connectivity index (χ4n) is 10.7. The number of cyclic esters (lactones) is 1. The van der Waals surface area contributed by atoms with E-state index in [9.17, 15) is 81.1 Å². The Hall–Kier alpha value is -3.68. The van der Waals surface area contributed by atoms with Gasteiger partial charge in [-0.2, -0.15) is 0 Å². The van der Waals surface area contributed by atoms with Crippen LogP contribution in [0.2, 0.25) is 0 Å². The second kappa shape index (κ2) is 32.7. The van der Waals surface area contributed by atoms with E-state index < -0.39 is 184 Å². The Morgan fingerprint density at radius 3 is 1.87 bits per heavy atom. The molecule has 24 heteroatoms. The van der Waals surface area contributed by atoms with Crippen LogP contribution in [0.1, 0.15) is 79.1 Å². The van der Waals surface area contributed by atoms with Crippen LogP contribution >= 0.6 is 0 Å². The first-order valence-corrected chi connectivity index (χ1v) is 28.5. The number of esters is 1. The lowest BCUT2D eigenvalue weighted by Crippen LogP contribution is -2.69. The molecule has 0 spiro atoms. The molecule has 23 atom stereocenters. The number of hydrogen-bond donors (Lipinski definition) is 15. The van der Waals surface area contributed by atoms with E-state index in [1.165, 1.54) is 6.92 Å². The zero-order valence-electron chi connectivity index (χ0n) is 47.6. The van der Waals surface area contributed by atoms with Crippen LogP contribution in [0.15, 0.2) is 85.1 Å². The van der Waals surface area contributed by atoms with Crippen molar-refractivity contribution in [3.8, 4) is 0 Å². The SMILES string of the molecule is CC1[C@H](C)OC(=O)C[C@H](O)C[C@H](O)CC[C@@H](O)[C@H](O)C[C@H](O)C[C@]2(O)C[C@H](O)C(C(=O)N3CCN(C)CC3)C(C[C@@H](OC3O[C@H](C)[C@@H](O)[C@H](NC[C@@]4(O)OC[C@@H](O)[C@@H](O)[C@@H]4O)[C@@H]3O)C=C/C=C/C=C/C=C/C=C/C=C/C=C/[C@H](C)[C@H]1O)O2. The minimum absolute atomic E-state index is 0.124. The number of aliphatic hydroxyl groups is 14. The maximum absolute atomic E-state index is 14.5. The second-order valence-electron chi connectivity index (χ2n) is 22.8. The number of fused-ring (bicyclic) bond motifs is 2. The Bertz CT molecular complexity index is 2170. The lowest BCUT2D eigenvalue weighted by molar-refractivity contribution is -0.323. The zero-order chi connectivity index (χ0) is 60.5. The molecule has 82 heavy (non-hydrogen) atoms. The van der Waals surface area contributed by atoms with E-state index in [4.69, 9.17) is 23.7 Å². The fraction of sp³-hybridized carbons (Fsp3) is 0.724. The number of nitrogens with one attached hydrogen (secondary N) is 1. The van der Waals surface area contributed by atoms with Crippen molar-refractivity contribution in [2.24, 2.45) is 17.8 Å². The number of rotatable bonds is 6. The summed E-state index contributed by atoms with van der Waals surface area (Å²) in [6.07, 6.45) is -2.63. The Kier molecular flexibility index (Phi) is 27.6. The molecule has 5 aliphatic rings. The molecule has 4 saturated heterocycles. The number of aliphatic hydroxyl groups excluding tert-OH is 12. The van der Waals surface area contributed by atoms with Gasteiger partial charge in [0.25, 0.3) is 0 Å². The average Bonchev–Trinajstić information content (AvgIpc) is 3.58. The average molecular weight is 1170 g/mol. The van der Waals surface area contributed by atoms with Crippen molar-refractivity contribution < 1.29 is 105 Å². The Morgan fingerprint density at radius 1 is 0.646 bits per heavy atom. The van der Waals surface area contributed by atoms with Crippen LogP contribution < -0.4 is 5.32 Å². The third kappa shape index (κ3) is 20.5. The van der Waals surface area contributed by atoms with Gasteiger partial charge in [-0.1, -0.05) is 98.9 Å². The molecule has 5 aliphatic heterocycles. The summed E-state index contributed by atoms with van der Waals surface area (Å²) >= 11 is 0. The van der Waals surface area contributed by atoms with Gasteiger partial charge < -0.3 is 110 Å². The molecule has 24 nitrogen and oxygen atoms in total. The Labute approximate surface area is 480 Å². The van der Waals surface area contributed by atoms with E-state index >= 15 is 0 Å². The molecule has 0 aliphatic carbocycles. The third-order valence-electron chi connectivity index (χ3n) is 16.1. The molecule has 0 saturated carbocycles. The molecule has 1 amide bonds.